The van der Waals surface area contributed by atoms with Crippen LogP contribution in [0.25, 0.3) is 0 Å². The van der Waals surface area contributed by atoms with Gasteiger partial charge in [0.1, 0.15) is 5.82 Å². The molecule has 0 bridgehead atoms. The van der Waals surface area contributed by atoms with Crippen LogP contribution < -0.4 is 10.6 Å². The Bertz CT molecular complexity index is 544. The number of rotatable bonds is 6. The topological polar surface area (TPSA) is 79.4 Å². The molecule has 2 N–H and O–H groups in total. The minimum Gasteiger partial charge on any atom is -0.450 e. The van der Waals surface area contributed by atoms with Crippen LogP contribution >= 0.6 is 0 Å². The molecule has 24 heavy (non-hydrogen) atoms. The maximum Gasteiger partial charge on any atom is 0.409 e. The molecule has 0 aliphatic carbocycles. The predicted octanol–water partition coefficient (Wildman–Crippen LogP) is 3.03. The highest BCUT2D eigenvalue weighted by atomic mass is 16.6. The summed E-state index contributed by atoms with van der Waals surface area (Å²) in [7, 11) is 0. The van der Waals surface area contributed by atoms with E-state index in [1.54, 1.807) is 4.90 Å². The molecule has 2 rings (SSSR count). The quantitative estimate of drug-likeness (QED) is 0.832. The molecule has 1 aromatic rings. The molecule has 1 atom stereocenters. The van der Waals surface area contributed by atoms with Crippen molar-refractivity contribution in [2.75, 3.05) is 30.3 Å². The van der Waals surface area contributed by atoms with E-state index in [2.05, 4.69) is 34.4 Å². The Morgan fingerprint density at radius 2 is 2.08 bits per heavy atom. The lowest BCUT2D eigenvalue weighted by Gasteiger charge is -2.32. The lowest BCUT2D eigenvalue weighted by atomic mass is 10.1. The van der Waals surface area contributed by atoms with Gasteiger partial charge in [0.2, 0.25) is 5.95 Å². The summed E-state index contributed by atoms with van der Waals surface area (Å²) in [6.07, 6.45) is 2.58. The number of aromatic nitrogens is 2. The summed E-state index contributed by atoms with van der Waals surface area (Å²) in [5, 5.41) is 6.79. The Morgan fingerprint density at radius 3 is 2.71 bits per heavy atom. The van der Waals surface area contributed by atoms with Gasteiger partial charge in [-0.25, -0.2) is 9.78 Å². The Morgan fingerprint density at radius 1 is 1.38 bits per heavy atom. The monoisotopic (exact) mass is 335 g/mol. The van der Waals surface area contributed by atoms with Gasteiger partial charge in [0.15, 0.2) is 0 Å². The summed E-state index contributed by atoms with van der Waals surface area (Å²) < 4.78 is 5.05. The van der Waals surface area contributed by atoms with E-state index >= 15 is 0 Å². The van der Waals surface area contributed by atoms with Gasteiger partial charge in [-0.2, -0.15) is 4.98 Å². The number of amides is 1. The fourth-order valence-electron chi connectivity index (χ4n) is 2.66. The second-order valence-electron chi connectivity index (χ2n) is 6.28. The van der Waals surface area contributed by atoms with Crippen molar-refractivity contribution in [3.63, 3.8) is 0 Å². The third kappa shape index (κ3) is 5.25. The fraction of sp³-hybridized carbons (Fsp3) is 0.706. The summed E-state index contributed by atoms with van der Waals surface area (Å²) in [4.78, 5) is 22.5. The number of carbonyl (C=O) groups excluding carboxylic acids is 1. The average Bonchev–Trinajstić information content (AvgIpc) is 2.55. The number of hydrogen-bond donors (Lipinski definition) is 2. The van der Waals surface area contributed by atoms with Gasteiger partial charge < -0.3 is 20.3 Å². The van der Waals surface area contributed by atoms with Crippen LogP contribution in [0.2, 0.25) is 0 Å². The summed E-state index contributed by atoms with van der Waals surface area (Å²) >= 11 is 0. The van der Waals surface area contributed by atoms with Gasteiger partial charge in [0.25, 0.3) is 0 Å². The van der Waals surface area contributed by atoms with E-state index in [9.17, 15) is 4.79 Å². The number of likely N-dealkylation sites (tertiary alicyclic amines) is 1. The molecule has 1 saturated heterocycles. The van der Waals surface area contributed by atoms with Crippen molar-refractivity contribution < 1.29 is 9.53 Å². The Hall–Kier alpha value is -2.05. The number of carbonyl (C=O) groups is 1. The molecule has 1 aliphatic heterocycles. The van der Waals surface area contributed by atoms with E-state index in [1.807, 2.05) is 19.9 Å². The highest BCUT2D eigenvalue weighted by molar-refractivity contribution is 5.67. The second-order valence-corrected chi connectivity index (χ2v) is 6.28. The van der Waals surface area contributed by atoms with Crippen molar-refractivity contribution in [3.05, 3.63) is 11.8 Å². The van der Waals surface area contributed by atoms with Gasteiger partial charge in [0.05, 0.1) is 6.61 Å². The van der Waals surface area contributed by atoms with E-state index in [-0.39, 0.29) is 6.09 Å². The Kier molecular flexibility index (Phi) is 6.63. The third-order valence-electron chi connectivity index (χ3n) is 4.22. The van der Waals surface area contributed by atoms with Crippen molar-refractivity contribution in [1.29, 1.82) is 0 Å². The highest BCUT2D eigenvalue weighted by Gasteiger charge is 2.23. The maximum atomic E-state index is 11.7. The van der Waals surface area contributed by atoms with Crippen molar-refractivity contribution in [1.82, 2.24) is 14.9 Å². The summed E-state index contributed by atoms with van der Waals surface area (Å²) in [6.45, 7) is 9.88. The first-order valence-corrected chi connectivity index (χ1v) is 8.82. The average molecular weight is 335 g/mol. The first-order chi connectivity index (χ1) is 11.5. The second kappa shape index (κ2) is 8.70. The lowest BCUT2D eigenvalue weighted by molar-refractivity contribution is 0.0983. The third-order valence-corrected chi connectivity index (χ3v) is 4.22. The van der Waals surface area contributed by atoms with Gasteiger partial charge in [-0.05, 0) is 40.0 Å². The molecule has 0 aromatic carbocycles. The predicted molar refractivity (Wildman–Crippen MR) is 95.4 cm³/mol. The van der Waals surface area contributed by atoms with E-state index in [1.165, 1.54) is 0 Å². The minimum atomic E-state index is -0.214. The molecule has 0 saturated carbocycles. The normalized spacial score (nSPS) is 16.6. The van der Waals surface area contributed by atoms with Crippen LogP contribution in [0.3, 0.4) is 0 Å². The van der Waals surface area contributed by atoms with Gasteiger partial charge in [-0.1, -0.05) is 6.92 Å². The molecule has 1 aromatic heterocycles. The number of ether oxygens (including phenoxy) is 1. The number of hydrogen-bond acceptors (Lipinski definition) is 6. The van der Waals surface area contributed by atoms with E-state index in [0.717, 1.165) is 30.8 Å². The molecule has 2 heterocycles. The first kappa shape index (κ1) is 18.3. The zero-order chi connectivity index (χ0) is 17.5. The zero-order valence-electron chi connectivity index (χ0n) is 15.1. The molecule has 7 nitrogen and oxygen atoms in total. The number of anilines is 2. The SMILES string of the molecule is CCOC(=O)N1CCC(Nc2cc(C)nc(NC(C)CC)n2)CC1. The van der Waals surface area contributed by atoms with E-state index in [0.29, 0.717) is 37.7 Å². The lowest BCUT2D eigenvalue weighted by Crippen LogP contribution is -2.42. The van der Waals surface area contributed by atoms with Gasteiger partial charge in [-0.3, -0.25) is 0 Å². The highest BCUT2D eigenvalue weighted by Crippen LogP contribution is 2.18. The number of nitrogens with one attached hydrogen (secondary N) is 2. The standard InChI is InChI=1S/C17H29N5O2/c1-5-12(3)18-16-19-13(4)11-15(21-16)20-14-7-9-22(10-8-14)17(23)24-6-2/h11-12,14H,5-10H2,1-4H3,(H2,18,19,20,21). The molecular weight excluding hydrogens is 306 g/mol. The fourth-order valence-corrected chi connectivity index (χ4v) is 2.66. The molecule has 1 fully saturated rings. The van der Waals surface area contributed by atoms with Crippen molar-refractivity contribution in [3.8, 4) is 0 Å². The largest absolute Gasteiger partial charge is 0.450 e. The van der Waals surface area contributed by atoms with Gasteiger partial charge in [0, 0.05) is 36.9 Å². The molecule has 1 aliphatic rings. The Balaban J connectivity index is 1.91. The van der Waals surface area contributed by atoms with Crippen molar-refractivity contribution >= 4 is 17.9 Å². The summed E-state index contributed by atoms with van der Waals surface area (Å²) in [5.41, 5.74) is 0.933. The van der Waals surface area contributed by atoms with Crippen LogP contribution in [-0.2, 0) is 4.74 Å². The van der Waals surface area contributed by atoms with Crippen LogP contribution in [0.4, 0.5) is 16.6 Å². The molecular formula is C17H29N5O2. The zero-order valence-corrected chi connectivity index (χ0v) is 15.1. The molecule has 1 unspecified atom stereocenters. The van der Waals surface area contributed by atoms with Crippen LogP contribution in [0.1, 0.15) is 45.7 Å². The molecule has 134 valence electrons. The minimum absolute atomic E-state index is 0.214. The number of nitrogens with zero attached hydrogens (tertiary/aromatic N) is 3. The van der Waals surface area contributed by atoms with Crippen molar-refractivity contribution in [2.24, 2.45) is 0 Å². The van der Waals surface area contributed by atoms with Crippen LogP contribution in [0, 0.1) is 6.92 Å². The van der Waals surface area contributed by atoms with Crippen molar-refractivity contribution in [2.45, 2.75) is 59.0 Å². The van der Waals surface area contributed by atoms with E-state index in [4.69, 9.17) is 4.74 Å². The molecule has 7 heteroatoms. The van der Waals surface area contributed by atoms with Gasteiger partial charge in [-0.15, -0.1) is 0 Å². The maximum absolute atomic E-state index is 11.7. The Labute approximate surface area is 144 Å². The van der Waals surface area contributed by atoms with Gasteiger partial charge >= 0.3 is 6.09 Å². The molecule has 0 spiro atoms. The van der Waals surface area contributed by atoms with E-state index < -0.39 is 0 Å². The summed E-state index contributed by atoms with van der Waals surface area (Å²) in [6, 6.07) is 2.60. The smallest absolute Gasteiger partial charge is 0.409 e. The number of aryl methyl sites for hydroxylation is 1. The summed E-state index contributed by atoms with van der Waals surface area (Å²) in [5.74, 6) is 1.50. The molecule has 1 amide bonds. The van der Waals surface area contributed by atoms with Crippen LogP contribution in [0.15, 0.2) is 6.07 Å². The molecule has 0 radical (unpaired) electrons. The van der Waals surface area contributed by atoms with Crippen LogP contribution in [0.5, 0.6) is 0 Å². The first-order valence-electron chi connectivity index (χ1n) is 8.82. The van der Waals surface area contributed by atoms with Crippen LogP contribution in [-0.4, -0.2) is 52.7 Å². The number of piperidine rings is 1.